The van der Waals surface area contributed by atoms with E-state index >= 15 is 0 Å². The van der Waals surface area contributed by atoms with Gasteiger partial charge < -0.3 is 25.8 Å². The number of fused-ring (bicyclic) bond motifs is 2. The number of hydrogen-bond acceptors (Lipinski definition) is 7. The largest absolute Gasteiger partial charge is 0.388 e. The molecule has 0 spiro atoms. The highest BCUT2D eigenvalue weighted by Gasteiger charge is 2.36. The quantitative estimate of drug-likeness (QED) is 0.328. The van der Waals surface area contributed by atoms with Crippen LogP contribution in [0.3, 0.4) is 0 Å². The van der Waals surface area contributed by atoms with Crippen LogP contribution in [-0.2, 0) is 6.42 Å². The zero-order valence-corrected chi connectivity index (χ0v) is 18.8. The summed E-state index contributed by atoms with van der Waals surface area (Å²) in [5.74, 6) is 1.33. The summed E-state index contributed by atoms with van der Waals surface area (Å²) < 4.78 is 1.85. The Kier molecular flexibility index (Phi) is 5.19. The van der Waals surface area contributed by atoms with Crippen molar-refractivity contribution >= 4 is 33.6 Å². The van der Waals surface area contributed by atoms with Crippen molar-refractivity contribution < 1.29 is 10.2 Å². The summed E-state index contributed by atoms with van der Waals surface area (Å²) in [6.07, 6.45) is 8.45. The maximum Gasteiger partial charge on any atom is 0.146 e. The first-order chi connectivity index (χ1) is 16.6. The van der Waals surface area contributed by atoms with Crippen molar-refractivity contribution in [2.24, 2.45) is 0 Å². The molecule has 0 saturated heterocycles. The number of anilines is 2. The standard InChI is InChI=1S/C26H28N6O2/c27-25-19-10-11-32(26(19)29-14-28-25)21-13-17(23(33)24(21)34)7-5-15-4-6-16-8-9-22(31-20(16)12-15)30-18-2-1-3-18/h4,6,8-14,18,21,23-24,33-34H,1-3,5,7H2,(H,30,31)(H2,27,28,29). The van der Waals surface area contributed by atoms with Gasteiger partial charge in [-0.15, -0.1) is 0 Å². The molecule has 0 bridgehead atoms. The molecule has 3 unspecified atom stereocenters. The third kappa shape index (κ3) is 3.69. The van der Waals surface area contributed by atoms with Gasteiger partial charge in [0.15, 0.2) is 0 Å². The molecule has 4 aromatic rings. The van der Waals surface area contributed by atoms with Crippen LogP contribution >= 0.6 is 0 Å². The van der Waals surface area contributed by atoms with Gasteiger partial charge in [-0.05, 0) is 67.5 Å². The molecule has 0 radical (unpaired) electrons. The first-order valence-corrected chi connectivity index (χ1v) is 11.9. The van der Waals surface area contributed by atoms with Gasteiger partial charge in [-0.1, -0.05) is 18.2 Å². The Labute approximate surface area is 197 Å². The minimum Gasteiger partial charge on any atom is -0.388 e. The lowest BCUT2D eigenvalue weighted by atomic mass is 9.93. The fraction of sp³-hybridized carbons (Fsp3) is 0.346. The number of aromatic nitrogens is 4. The number of aliphatic hydroxyl groups excluding tert-OH is 2. The number of nitrogens with zero attached hydrogens (tertiary/aromatic N) is 4. The zero-order valence-electron chi connectivity index (χ0n) is 18.8. The van der Waals surface area contributed by atoms with Crippen LogP contribution in [-0.4, -0.2) is 48.0 Å². The summed E-state index contributed by atoms with van der Waals surface area (Å²) in [5.41, 5.74) is 9.55. The van der Waals surface area contributed by atoms with Crippen molar-refractivity contribution in [3.63, 3.8) is 0 Å². The van der Waals surface area contributed by atoms with Crippen LogP contribution in [0.1, 0.15) is 37.3 Å². The van der Waals surface area contributed by atoms with Gasteiger partial charge in [-0.3, -0.25) is 0 Å². The molecule has 3 atom stereocenters. The zero-order chi connectivity index (χ0) is 23.2. The van der Waals surface area contributed by atoms with E-state index in [-0.39, 0.29) is 0 Å². The molecule has 0 aliphatic heterocycles. The molecule has 3 aromatic heterocycles. The van der Waals surface area contributed by atoms with E-state index in [2.05, 4.69) is 39.6 Å². The Hall–Kier alpha value is -3.49. The molecule has 2 aliphatic rings. The van der Waals surface area contributed by atoms with Crippen molar-refractivity contribution in [3.05, 3.63) is 66.1 Å². The third-order valence-corrected chi connectivity index (χ3v) is 7.22. The van der Waals surface area contributed by atoms with Crippen LogP contribution in [0.4, 0.5) is 11.6 Å². The van der Waals surface area contributed by atoms with E-state index in [1.807, 2.05) is 29.0 Å². The third-order valence-electron chi connectivity index (χ3n) is 7.22. The van der Waals surface area contributed by atoms with E-state index in [1.54, 1.807) is 0 Å². The van der Waals surface area contributed by atoms with Gasteiger partial charge in [0.2, 0.25) is 0 Å². The number of rotatable bonds is 6. The Balaban J connectivity index is 1.21. The van der Waals surface area contributed by atoms with Crippen molar-refractivity contribution in [2.75, 3.05) is 11.1 Å². The van der Waals surface area contributed by atoms with Gasteiger partial charge in [-0.25, -0.2) is 15.0 Å². The fourth-order valence-corrected chi connectivity index (χ4v) is 4.98. The minimum absolute atomic E-state index is 0.400. The van der Waals surface area contributed by atoms with Gasteiger partial charge >= 0.3 is 0 Å². The molecule has 8 heteroatoms. The van der Waals surface area contributed by atoms with E-state index in [1.165, 1.54) is 25.6 Å². The van der Waals surface area contributed by atoms with Crippen molar-refractivity contribution in [2.45, 2.75) is 56.4 Å². The molecule has 2 aliphatic carbocycles. The number of nitrogens with two attached hydrogens (primary N) is 1. The van der Waals surface area contributed by atoms with Gasteiger partial charge in [0, 0.05) is 17.6 Å². The highest BCUT2D eigenvalue weighted by atomic mass is 16.3. The summed E-state index contributed by atoms with van der Waals surface area (Å²) in [4.78, 5) is 13.2. The summed E-state index contributed by atoms with van der Waals surface area (Å²) >= 11 is 0. The fourth-order valence-electron chi connectivity index (χ4n) is 4.98. The minimum atomic E-state index is -0.944. The molecule has 1 fully saturated rings. The molecule has 3 heterocycles. The molecule has 1 saturated carbocycles. The van der Waals surface area contributed by atoms with Gasteiger partial charge in [-0.2, -0.15) is 0 Å². The van der Waals surface area contributed by atoms with E-state index in [0.717, 1.165) is 39.7 Å². The summed E-state index contributed by atoms with van der Waals surface area (Å²) in [6, 6.07) is 12.5. The molecule has 174 valence electrons. The number of hydrogen-bond donors (Lipinski definition) is 4. The van der Waals surface area contributed by atoms with Crippen LogP contribution in [0.5, 0.6) is 0 Å². The molecule has 8 nitrogen and oxygen atoms in total. The van der Waals surface area contributed by atoms with E-state index in [4.69, 9.17) is 10.7 Å². The summed E-state index contributed by atoms with van der Waals surface area (Å²) in [5, 5.41) is 26.9. The maximum absolute atomic E-state index is 10.8. The Morgan fingerprint density at radius 3 is 2.74 bits per heavy atom. The Morgan fingerprint density at radius 1 is 1.06 bits per heavy atom. The lowest BCUT2D eigenvalue weighted by molar-refractivity contribution is 0.0317. The van der Waals surface area contributed by atoms with E-state index in [0.29, 0.717) is 23.9 Å². The second kappa shape index (κ2) is 8.38. The smallest absolute Gasteiger partial charge is 0.146 e. The SMILES string of the molecule is Nc1ncnc2c1ccn2C1C=C(CCc2ccc3ccc(NC4CCC4)nc3c2)C(O)C1O. The second-order valence-corrected chi connectivity index (χ2v) is 9.38. The maximum atomic E-state index is 10.8. The molecular weight excluding hydrogens is 428 g/mol. The average Bonchev–Trinajstić information content (AvgIpc) is 3.37. The van der Waals surface area contributed by atoms with Crippen LogP contribution in [0.25, 0.3) is 21.9 Å². The van der Waals surface area contributed by atoms with Gasteiger partial charge in [0.1, 0.15) is 35.8 Å². The van der Waals surface area contributed by atoms with Crippen molar-refractivity contribution in [1.82, 2.24) is 19.5 Å². The van der Waals surface area contributed by atoms with Gasteiger partial charge in [0.25, 0.3) is 0 Å². The number of aliphatic hydroxyl groups is 2. The first-order valence-electron chi connectivity index (χ1n) is 11.9. The van der Waals surface area contributed by atoms with Crippen molar-refractivity contribution in [1.29, 1.82) is 0 Å². The van der Waals surface area contributed by atoms with Crippen molar-refractivity contribution in [3.8, 4) is 0 Å². The average molecular weight is 457 g/mol. The monoisotopic (exact) mass is 456 g/mol. The number of benzene rings is 1. The molecule has 5 N–H and O–H groups in total. The Morgan fingerprint density at radius 2 is 1.91 bits per heavy atom. The lowest BCUT2D eigenvalue weighted by Crippen LogP contribution is -2.29. The molecule has 34 heavy (non-hydrogen) atoms. The van der Waals surface area contributed by atoms with Crippen LogP contribution in [0.2, 0.25) is 0 Å². The molecule has 6 rings (SSSR count). The number of aryl methyl sites for hydroxylation is 1. The molecule has 0 amide bonds. The first kappa shape index (κ1) is 21.1. The van der Waals surface area contributed by atoms with Crippen LogP contribution in [0.15, 0.2) is 60.6 Å². The van der Waals surface area contributed by atoms with E-state index < -0.39 is 18.2 Å². The number of pyridine rings is 1. The Bertz CT molecular complexity index is 1390. The topological polar surface area (TPSA) is 122 Å². The van der Waals surface area contributed by atoms with Crippen LogP contribution in [0, 0.1) is 0 Å². The highest BCUT2D eigenvalue weighted by molar-refractivity contribution is 5.86. The molecular formula is C26H28N6O2. The van der Waals surface area contributed by atoms with Gasteiger partial charge in [0.05, 0.1) is 16.9 Å². The highest BCUT2D eigenvalue weighted by Crippen LogP contribution is 2.34. The normalized spacial score (nSPS) is 22.8. The molecule has 1 aromatic carbocycles. The van der Waals surface area contributed by atoms with Crippen LogP contribution < -0.4 is 11.1 Å². The lowest BCUT2D eigenvalue weighted by Gasteiger charge is -2.26. The number of nitrogen functional groups attached to an aromatic ring is 1. The second-order valence-electron chi connectivity index (χ2n) is 9.38. The summed E-state index contributed by atoms with van der Waals surface area (Å²) in [6.45, 7) is 0. The predicted octanol–water partition coefficient (Wildman–Crippen LogP) is 3.36. The summed E-state index contributed by atoms with van der Waals surface area (Å²) in [7, 11) is 0. The predicted molar refractivity (Wildman–Crippen MR) is 132 cm³/mol. The van der Waals surface area contributed by atoms with E-state index in [9.17, 15) is 10.2 Å². The number of nitrogens with one attached hydrogen (secondary N) is 1.